The lowest BCUT2D eigenvalue weighted by Gasteiger charge is -2.06. The number of aromatic hydroxyl groups is 1. The molecule has 0 aliphatic carbocycles. The second-order valence-corrected chi connectivity index (χ2v) is 5.48. The van der Waals surface area contributed by atoms with Gasteiger partial charge in [0.15, 0.2) is 5.65 Å². The van der Waals surface area contributed by atoms with Crippen molar-refractivity contribution >= 4 is 17.2 Å². The number of para-hydroxylation sites is 1. The van der Waals surface area contributed by atoms with E-state index in [-0.39, 0.29) is 17.4 Å². The van der Waals surface area contributed by atoms with Crippen molar-refractivity contribution in [3.8, 4) is 17.1 Å². The highest BCUT2D eigenvalue weighted by Gasteiger charge is 2.17. The molecule has 0 atom stereocenters. The van der Waals surface area contributed by atoms with Crippen LogP contribution in [0.2, 0.25) is 0 Å². The number of fused-ring (bicyclic) bond motifs is 1. The van der Waals surface area contributed by atoms with Crippen LogP contribution in [0.3, 0.4) is 0 Å². The van der Waals surface area contributed by atoms with E-state index in [1.54, 1.807) is 12.1 Å². The van der Waals surface area contributed by atoms with Gasteiger partial charge in [0.25, 0.3) is 5.91 Å². The lowest BCUT2D eigenvalue weighted by molar-refractivity contribution is 0.102. The van der Waals surface area contributed by atoms with E-state index in [4.69, 9.17) is 0 Å². The van der Waals surface area contributed by atoms with Crippen molar-refractivity contribution in [2.24, 2.45) is 0 Å². The molecule has 0 fully saturated rings. The first-order chi connectivity index (χ1) is 12.2. The normalized spacial score (nSPS) is 10.7. The lowest BCUT2D eigenvalue weighted by atomic mass is 10.1. The summed E-state index contributed by atoms with van der Waals surface area (Å²) in [4.78, 5) is 17.1. The average molecular weight is 330 g/mol. The van der Waals surface area contributed by atoms with E-state index in [0.29, 0.717) is 17.0 Å². The minimum Gasteiger partial charge on any atom is -0.493 e. The summed E-state index contributed by atoms with van der Waals surface area (Å²) in [5.74, 6) is -0.416. The number of anilines is 1. The molecule has 4 aromatic rings. The van der Waals surface area contributed by atoms with E-state index in [9.17, 15) is 9.90 Å². The molecule has 4 rings (SSSR count). The van der Waals surface area contributed by atoms with Gasteiger partial charge in [0.05, 0.1) is 11.9 Å². The van der Waals surface area contributed by atoms with Crippen LogP contribution in [-0.4, -0.2) is 25.6 Å². The smallest absolute Gasteiger partial charge is 0.261 e. The van der Waals surface area contributed by atoms with Gasteiger partial charge in [0, 0.05) is 17.3 Å². The minimum atomic E-state index is -0.335. The van der Waals surface area contributed by atoms with Gasteiger partial charge in [-0.05, 0) is 12.1 Å². The number of benzene rings is 2. The predicted molar refractivity (Wildman–Crippen MR) is 94.5 cm³/mol. The van der Waals surface area contributed by atoms with Gasteiger partial charge in [0.1, 0.15) is 5.56 Å². The number of hydrogen-bond donors (Lipinski definition) is 2. The van der Waals surface area contributed by atoms with Crippen molar-refractivity contribution in [1.29, 1.82) is 0 Å². The van der Waals surface area contributed by atoms with Gasteiger partial charge in [-0.2, -0.15) is 9.61 Å². The van der Waals surface area contributed by atoms with Gasteiger partial charge in [-0.25, -0.2) is 4.98 Å². The van der Waals surface area contributed by atoms with Crippen LogP contribution in [0.4, 0.5) is 5.69 Å². The molecule has 6 heteroatoms. The Labute approximate surface area is 143 Å². The van der Waals surface area contributed by atoms with Crippen molar-refractivity contribution in [3.63, 3.8) is 0 Å². The van der Waals surface area contributed by atoms with Crippen LogP contribution in [0.25, 0.3) is 16.9 Å². The topological polar surface area (TPSA) is 79.5 Å². The van der Waals surface area contributed by atoms with Crippen LogP contribution in [0.15, 0.2) is 72.9 Å². The Hall–Kier alpha value is -3.67. The summed E-state index contributed by atoms with van der Waals surface area (Å²) in [5.41, 5.74) is 2.68. The van der Waals surface area contributed by atoms with Gasteiger partial charge in [-0.15, -0.1) is 0 Å². The van der Waals surface area contributed by atoms with Gasteiger partial charge >= 0.3 is 0 Å². The maximum Gasteiger partial charge on any atom is 0.261 e. The first kappa shape index (κ1) is 14.9. The van der Waals surface area contributed by atoms with Crippen molar-refractivity contribution in [2.45, 2.75) is 0 Å². The molecule has 0 saturated heterocycles. The number of hydrogen-bond acceptors (Lipinski definition) is 4. The summed E-state index contributed by atoms with van der Waals surface area (Å²) >= 11 is 0. The third-order valence-corrected chi connectivity index (χ3v) is 3.80. The molecule has 2 aromatic heterocycles. The number of aromatic nitrogens is 3. The summed E-state index contributed by atoms with van der Waals surface area (Å²) in [6.45, 7) is 0. The molecule has 0 bridgehead atoms. The summed E-state index contributed by atoms with van der Waals surface area (Å²) in [5, 5.41) is 17.1. The second-order valence-electron chi connectivity index (χ2n) is 5.48. The highest BCUT2D eigenvalue weighted by atomic mass is 16.3. The predicted octanol–water partition coefficient (Wildman–Crippen LogP) is 3.35. The number of rotatable bonds is 3. The van der Waals surface area contributed by atoms with Crippen molar-refractivity contribution in [3.05, 3.63) is 78.5 Å². The van der Waals surface area contributed by atoms with Gasteiger partial charge < -0.3 is 10.4 Å². The Morgan fingerprint density at radius 3 is 2.40 bits per heavy atom. The minimum absolute atomic E-state index is 0.0809. The van der Waals surface area contributed by atoms with Gasteiger partial charge in [0.2, 0.25) is 5.88 Å². The largest absolute Gasteiger partial charge is 0.493 e. The van der Waals surface area contributed by atoms with Crippen LogP contribution in [0.1, 0.15) is 10.4 Å². The number of nitrogens with one attached hydrogen (secondary N) is 1. The monoisotopic (exact) mass is 330 g/mol. The van der Waals surface area contributed by atoms with E-state index in [2.05, 4.69) is 15.4 Å². The van der Waals surface area contributed by atoms with Crippen LogP contribution in [0, 0.1) is 0 Å². The molecule has 122 valence electrons. The van der Waals surface area contributed by atoms with Crippen molar-refractivity contribution in [1.82, 2.24) is 14.6 Å². The van der Waals surface area contributed by atoms with Gasteiger partial charge in [-0.3, -0.25) is 4.79 Å². The highest BCUT2D eigenvalue weighted by molar-refractivity contribution is 6.08. The zero-order valence-corrected chi connectivity index (χ0v) is 13.1. The summed E-state index contributed by atoms with van der Waals surface area (Å²) in [7, 11) is 0. The van der Waals surface area contributed by atoms with Crippen LogP contribution in [0.5, 0.6) is 5.88 Å². The summed E-state index contributed by atoms with van der Waals surface area (Å²) in [6.07, 6.45) is 1.40. The van der Waals surface area contributed by atoms with E-state index in [1.807, 2.05) is 48.5 Å². The maximum absolute atomic E-state index is 12.6. The second kappa shape index (κ2) is 6.09. The lowest BCUT2D eigenvalue weighted by Crippen LogP contribution is -2.12. The Morgan fingerprint density at radius 2 is 1.68 bits per heavy atom. The number of carbonyl (C=O) groups excluding carboxylic acids is 1. The van der Waals surface area contributed by atoms with E-state index in [1.165, 1.54) is 16.8 Å². The van der Waals surface area contributed by atoms with E-state index in [0.717, 1.165) is 5.56 Å². The fourth-order valence-electron chi connectivity index (χ4n) is 2.58. The molecular weight excluding hydrogens is 316 g/mol. The molecule has 6 nitrogen and oxygen atoms in total. The quantitative estimate of drug-likeness (QED) is 0.604. The molecule has 25 heavy (non-hydrogen) atoms. The molecule has 0 aliphatic rings. The standard InChI is InChI=1S/C19H14N4O2/c24-17-11-16(13-7-3-1-4-8-13)22-18-15(12-20-23(17)18)19(25)21-14-9-5-2-6-10-14/h1-12,24H,(H,21,25). The zero-order valence-electron chi connectivity index (χ0n) is 13.1. The maximum atomic E-state index is 12.6. The number of amides is 1. The van der Waals surface area contributed by atoms with Crippen LogP contribution >= 0.6 is 0 Å². The molecule has 0 spiro atoms. The summed E-state index contributed by atoms with van der Waals surface area (Å²) in [6, 6.07) is 20.1. The number of nitrogens with zero attached hydrogens (tertiary/aromatic N) is 3. The Bertz CT molecular complexity index is 1040. The first-order valence-electron chi connectivity index (χ1n) is 7.72. The molecule has 1 amide bonds. The Morgan fingerprint density at radius 1 is 1.00 bits per heavy atom. The van der Waals surface area contributed by atoms with Crippen LogP contribution < -0.4 is 5.32 Å². The molecule has 0 radical (unpaired) electrons. The SMILES string of the molecule is O=C(Nc1ccccc1)c1cnn2c(O)cc(-c3ccccc3)nc12. The van der Waals surface area contributed by atoms with E-state index >= 15 is 0 Å². The van der Waals surface area contributed by atoms with Crippen molar-refractivity contribution in [2.75, 3.05) is 5.32 Å². The molecule has 2 aromatic carbocycles. The molecule has 2 N–H and O–H groups in total. The summed E-state index contributed by atoms with van der Waals surface area (Å²) < 4.78 is 1.24. The zero-order chi connectivity index (χ0) is 17.2. The molecular formula is C19H14N4O2. The van der Waals surface area contributed by atoms with Gasteiger partial charge in [-0.1, -0.05) is 48.5 Å². The number of carbonyl (C=O) groups is 1. The highest BCUT2D eigenvalue weighted by Crippen LogP contribution is 2.24. The fourth-order valence-corrected chi connectivity index (χ4v) is 2.58. The Balaban J connectivity index is 1.77. The molecule has 0 unspecified atom stereocenters. The third-order valence-electron chi connectivity index (χ3n) is 3.80. The fraction of sp³-hybridized carbons (Fsp3) is 0. The third kappa shape index (κ3) is 2.81. The first-order valence-corrected chi connectivity index (χ1v) is 7.72. The van der Waals surface area contributed by atoms with Crippen LogP contribution in [-0.2, 0) is 0 Å². The Kier molecular flexibility index (Phi) is 3.63. The molecule has 0 aliphatic heterocycles. The average Bonchev–Trinajstić information content (AvgIpc) is 3.08. The van der Waals surface area contributed by atoms with Crippen molar-refractivity contribution < 1.29 is 9.90 Å². The molecule has 2 heterocycles. The molecule has 0 saturated carbocycles. The van der Waals surface area contributed by atoms with E-state index < -0.39 is 0 Å².